The van der Waals surface area contributed by atoms with Crippen molar-refractivity contribution in [2.75, 3.05) is 13.2 Å². The normalized spacial score (nSPS) is 16.7. The van der Waals surface area contributed by atoms with Crippen molar-refractivity contribution in [1.29, 1.82) is 0 Å². The maximum Gasteiger partial charge on any atom is 0.324 e. The van der Waals surface area contributed by atoms with Crippen LogP contribution in [0.25, 0.3) is 0 Å². The summed E-state index contributed by atoms with van der Waals surface area (Å²) in [5, 5.41) is 0.124. The van der Waals surface area contributed by atoms with Crippen molar-refractivity contribution in [3.8, 4) is 0 Å². The second-order valence-electron chi connectivity index (χ2n) is 9.05. The van der Waals surface area contributed by atoms with Crippen molar-refractivity contribution in [2.45, 2.75) is 84.0 Å². The van der Waals surface area contributed by atoms with Gasteiger partial charge in [0, 0.05) is 0 Å². The van der Waals surface area contributed by atoms with Gasteiger partial charge in [-0.1, -0.05) is 39.0 Å². The summed E-state index contributed by atoms with van der Waals surface area (Å²) in [7, 11) is -1.91. The van der Waals surface area contributed by atoms with Crippen LogP contribution in [-0.2, 0) is 23.5 Å². The van der Waals surface area contributed by atoms with Crippen molar-refractivity contribution in [3.63, 3.8) is 0 Å². The van der Waals surface area contributed by atoms with Crippen LogP contribution in [0.2, 0.25) is 18.1 Å². The highest BCUT2D eigenvalue weighted by atomic mass is 28.4. The molecule has 160 valence electrons. The Kier molecular flexibility index (Phi) is 8.27. The van der Waals surface area contributed by atoms with E-state index in [0.717, 1.165) is 12.8 Å². The molecule has 0 atom stereocenters. The summed E-state index contributed by atoms with van der Waals surface area (Å²) in [4.78, 5) is 25.3. The summed E-state index contributed by atoms with van der Waals surface area (Å²) in [6.45, 7) is 18.7. The number of ether oxygens (including phenoxy) is 2. The molecule has 0 unspecified atom stereocenters. The van der Waals surface area contributed by atoms with Crippen LogP contribution in [-0.4, -0.2) is 39.1 Å². The van der Waals surface area contributed by atoms with Crippen LogP contribution in [0.5, 0.6) is 0 Å². The van der Waals surface area contributed by atoms with Gasteiger partial charge in [-0.2, -0.15) is 0 Å². The van der Waals surface area contributed by atoms with Gasteiger partial charge in [0.05, 0.1) is 18.8 Å². The van der Waals surface area contributed by atoms with E-state index >= 15 is 0 Å². The molecule has 28 heavy (non-hydrogen) atoms. The molecule has 0 heterocycles. The molecule has 0 aliphatic heterocycles. The lowest BCUT2D eigenvalue weighted by Gasteiger charge is -2.39. The molecule has 0 aromatic heterocycles. The highest BCUT2D eigenvalue weighted by Crippen LogP contribution is 2.48. The molecule has 1 fully saturated rings. The number of esters is 2. The highest BCUT2D eigenvalue weighted by molar-refractivity contribution is 6.74. The highest BCUT2D eigenvalue weighted by Gasteiger charge is 2.51. The Morgan fingerprint density at radius 2 is 1.54 bits per heavy atom. The van der Waals surface area contributed by atoms with Crippen molar-refractivity contribution in [3.05, 3.63) is 24.8 Å². The van der Waals surface area contributed by atoms with E-state index in [9.17, 15) is 9.59 Å². The fourth-order valence-electron chi connectivity index (χ4n) is 2.85. The molecular weight excluding hydrogens is 372 g/mol. The predicted molar refractivity (Wildman–Crippen MR) is 115 cm³/mol. The van der Waals surface area contributed by atoms with Crippen LogP contribution >= 0.6 is 0 Å². The lowest BCUT2D eigenvalue weighted by atomic mass is 9.80. The second kappa shape index (κ2) is 9.40. The molecule has 0 amide bonds. The molecule has 5 nitrogen and oxygen atoms in total. The molecule has 6 heteroatoms. The Morgan fingerprint density at radius 3 is 1.89 bits per heavy atom. The predicted octanol–water partition coefficient (Wildman–Crippen LogP) is 5.18. The number of hydrogen-bond donors (Lipinski definition) is 0. The first kappa shape index (κ1) is 24.6. The minimum absolute atomic E-state index is 0.124. The molecule has 0 aromatic rings. The maximum absolute atomic E-state index is 12.7. The summed E-state index contributed by atoms with van der Waals surface area (Å²) in [5.41, 5.74) is -1.66. The van der Waals surface area contributed by atoms with Gasteiger partial charge in [0.2, 0.25) is 0 Å². The monoisotopic (exact) mass is 410 g/mol. The van der Waals surface area contributed by atoms with Crippen LogP contribution in [0.15, 0.2) is 24.8 Å². The molecule has 1 aliphatic carbocycles. The number of allylic oxidation sites excluding steroid dienone is 2. The number of carbonyl (C=O) groups excluding carboxylic acids is 2. The molecular formula is C22H38O5Si. The minimum Gasteiger partial charge on any atom is -0.465 e. The molecule has 1 saturated carbocycles. The zero-order valence-electron chi connectivity index (χ0n) is 18.7. The average Bonchev–Trinajstić information content (AvgIpc) is 3.32. The zero-order valence-corrected chi connectivity index (χ0v) is 19.7. The van der Waals surface area contributed by atoms with Gasteiger partial charge in [-0.3, -0.25) is 9.59 Å². The summed E-state index contributed by atoms with van der Waals surface area (Å²) in [6, 6.07) is 0. The first-order valence-electron chi connectivity index (χ1n) is 10.2. The Labute approximate surface area is 171 Å². The van der Waals surface area contributed by atoms with E-state index in [1.807, 2.05) is 12.2 Å². The van der Waals surface area contributed by atoms with Gasteiger partial charge in [-0.25, -0.2) is 0 Å². The first-order chi connectivity index (χ1) is 12.9. The Bertz CT molecular complexity index is 579. The van der Waals surface area contributed by atoms with E-state index in [4.69, 9.17) is 13.9 Å². The number of carbonyl (C=O) groups is 2. The van der Waals surface area contributed by atoms with Crippen molar-refractivity contribution >= 4 is 20.3 Å². The van der Waals surface area contributed by atoms with Gasteiger partial charge in [0.15, 0.2) is 13.7 Å². The van der Waals surface area contributed by atoms with Gasteiger partial charge < -0.3 is 13.9 Å². The Morgan fingerprint density at radius 1 is 1.04 bits per heavy atom. The Hall–Kier alpha value is -1.40. The first-order valence-corrected chi connectivity index (χ1v) is 13.1. The van der Waals surface area contributed by atoms with Gasteiger partial charge in [-0.05, 0) is 57.7 Å². The second-order valence-corrected chi connectivity index (χ2v) is 13.8. The van der Waals surface area contributed by atoms with Gasteiger partial charge in [0.1, 0.15) is 0 Å². The molecule has 0 saturated heterocycles. The van der Waals surface area contributed by atoms with Crippen LogP contribution in [0.4, 0.5) is 0 Å². The molecule has 0 spiro atoms. The van der Waals surface area contributed by atoms with Crippen molar-refractivity contribution in [1.82, 2.24) is 0 Å². The quantitative estimate of drug-likeness (QED) is 0.203. The summed E-state index contributed by atoms with van der Waals surface area (Å²) < 4.78 is 17.0. The van der Waals surface area contributed by atoms with Crippen LogP contribution < -0.4 is 0 Å². The molecule has 0 bridgehead atoms. The van der Waals surface area contributed by atoms with E-state index in [2.05, 4.69) is 40.4 Å². The van der Waals surface area contributed by atoms with E-state index in [1.165, 1.54) is 0 Å². The van der Waals surface area contributed by atoms with Crippen LogP contribution in [0.3, 0.4) is 0 Å². The van der Waals surface area contributed by atoms with Gasteiger partial charge in [0.25, 0.3) is 0 Å². The molecule has 0 aromatic carbocycles. The summed E-state index contributed by atoms with van der Waals surface area (Å²) in [6.07, 6.45) is 7.79. The third-order valence-corrected chi connectivity index (χ3v) is 10.2. The van der Waals surface area contributed by atoms with Crippen LogP contribution in [0.1, 0.15) is 60.3 Å². The smallest absolute Gasteiger partial charge is 0.324 e. The van der Waals surface area contributed by atoms with Gasteiger partial charge in [-0.15, -0.1) is 6.58 Å². The van der Waals surface area contributed by atoms with Crippen LogP contribution in [0, 0.1) is 5.41 Å². The summed E-state index contributed by atoms with van der Waals surface area (Å²) >= 11 is 0. The minimum atomic E-state index is -1.91. The topological polar surface area (TPSA) is 61.8 Å². The Balaban J connectivity index is 3.05. The third kappa shape index (κ3) is 5.80. The van der Waals surface area contributed by atoms with E-state index in [-0.39, 0.29) is 36.7 Å². The number of rotatable bonds is 11. The molecule has 1 aliphatic rings. The van der Waals surface area contributed by atoms with Gasteiger partial charge >= 0.3 is 11.9 Å². The SMILES string of the molecule is C=CCC(C/C=C/C1(O[Si](C)(C)C(C)(C)C)CC1)(C(=O)OCC)C(=O)OCC. The average molecular weight is 411 g/mol. The largest absolute Gasteiger partial charge is 0.465 e. The van der Waals surface area contributed by atoms with E-state index < -0.39 is 25.7 Å². The fraction of sp³-hybridized carbons (Fsp3) is 0.727. The third-order valence-electron chi connectivity index (χ3n) is 5.72. The lowest BCUT2D eigenvalue weighted by Crippen LogP contribution is -2.44. The fourth-order valence-corrected chi connectivity index (χ4v) is 4.44. The van der Waals surface area contributed by atoms with E-state index in [0.29, 0.717) is 0 Å². The van der Waals surface area contributed by atoms with Crippen molar-refractivity contribution < 1.29 is 23.5 Å². The number of hydrogen-bond acceptors (Lipinski definition) is 5. The zero-order chi connectivity index (χ0) is 21.6. The molecule has 1 rings (SSSR count). The van der Waals surface area contributed by atoms with Crippen molar-refractivity contribution in [2.24, 2.45) is 5.41 Å². The molecule has 0 N–H and O–H groups in total. The summed E-state index contributed by atoms with van der Waals surface area (Å²) in [5.74, 6) is -1.12. The van der Waals surface area contributed by atoms with E-state index in [1.54, 1.807) is 19.9 Å². The standard InChI is InChI=1S/C22H38O5Si/c1-9-13-22(18(23)25-10-2,19(24)26-11-3)15-12-14-21(16-17-21)27-28(7,8)20(4,5)6/h9,12,14H,1,10-11,13,15-17H2,2-8H3/b14-12+. The molecule has 0 radical (unpaired) electrons. The lowest BCUT2D eigenvalue weighted by molar-refractivity contribution is -0.171. The maximum atomic E-state index is 12.7.